The number of hydrogen-bond acceptors (Lipinski definition) is 4. The summed E-state index contributed by atoms with van der Waals surface area (Å²) in [6.45, 7) is 0.212. The first-order valence-electron chi connectivity index (χ1n) is 6.89. The van der Waals surface area contributed by atoms with E-state index in [1.807, 2.05) is 18.2 Å². The topological polar surface area (TPSA) is 72.8 Å². The molecule has 5 nitrogen and oxygen atoms in total. The fourth-order valence-electron chi connectivity index (χ4n) is 2.40. The number of aromatic carboxylic acids is 1. The lowest BCUT2D eigenvalue weighted by atomic mass is 9.98. The lowest BCUT2D eigenvalue weighted by molar-refractivity contribution is 0.0691. The van der Waals surface area contributed by atoms with Crippen LogP contribution in [0.1, 0.15) is 32.7 Å². The molecule has 22 heavy (non-hydrogen) atoms. The first kappa shape index (κ1) is 14.1. The van der Waals surface area contributed by atoms with Crippen LogP contribution in [0.5, 0.6) is 11.5 Å². The lowest BCUT2D eigenvalue weighted by Gasteiger charge is -2.06. The maximum Gasteiger partial charge on any atom is 0.336 e. The molecule has 0 aromatic heterocycles. The standard InChI is InChI=1S/C17H14O5/c18-14(12-3-1-2-4-13(12)17(19)20)7-5-11-6-8-15-16(9-11)22-10-21-15/h1-4,6,8-9H,5,7,10H2,(H,19,20). The third kappa shape index (κ3) is 2.79. The van der Waals surface area contributed by atoms with Gasteiger partial charge >= 0.3 is 5.97 Å². The molecule has 0 spiro atoms. The van der Waals surface area contributed by atoms with Crippen molar-refractivity contribution in [1.29, 1.82) is 0 Å². The van der Waals surface area contributed by atoms with Crippen LogP contribution < -0.4 is 9.47 Å². The molecule has 1 aliphatic rings. The van der Waals surface area contributed by atoms with E-state index >= 15 is 0 Å². The lowest BCUT2D eigenvalue weighted by Crippen LogP contribution is -2.09. The van der Waals surface area contributed by atoms with E-state index in [0.717, 1.165) is 5.56 Å². The molecule has 0 aliphatic carbocycles. The Hall–Kier alpha value is -2.82. The van der Waals surface area contributed by atoms with E-state index < -0.39 is 5.97 Å². The Kier molecular flexibility index (Phi) is 3.78. The molecule has 2 aromatic carbocycles. The van der Waals surface area contributed by atoms with Crippen molar-refractivity contribution in [3.8, 4) is 11.5 Å². The zero-order valence-corrected chi connectivity index (χ0v) is 11.7. The number of carboxylic acid groups (broad SMARTS) is 1. The fraction of sp³-hybridized carbons (Fsp3) is 0.176. The number of carbonyl (C=O) groups is 2. The van der Waals surface area contributed by atoms with Gasteiger partial charge in [0.1, 0.15) is 0 Å². The van der Waals surface area contributed by atoms with E-state index in [-0.39, 0.29) is 30.1 Å². The predicted molar refractivity (Wildman–Crippen MR) is 78.6 cm³/mol. The number of fused-ring (bicyclic) bond motifs is 1. The van der Waals surface area contributed by atoms with Gasteiger partial charge in [-0.15, -0.1) is 0 Å². The number of Topliss-reactive ketones (excluding diaryl/α,β-unsaturated/α-hetero) is 1. The van der Waals surface area contributed by atoms with Gasteiger partial charge in [-0.25, -0.2) is 4.79 Å². The van der Waals surface area contributed by atoms with Crippen LogP contribution >= 0.6 is 0 Å². The van der Waals surface area contributed by atoms with Gasteiger partial charge < -0.3 is 14.6 Å². The van der Waals surface area contributed by atoms with Gasteiger partial charge in [-0.05, 0) is 30.2 Å². The van der Waals surface area contributed by atoms with Crippen molar-refractivity contribution >= 4 is 11.8 Å². The summed E-state index contributed by atoms with van der Waals surface area (Å²) >= 11 is 0. The average Bonchev–Trinajstić information content (AvgIpc) is 3.00. The number of aryl methyl sites for hydroxylation is 1. The van der Waals surface area contributed by atoms with Gasteiger partial charge in [-0.1, -0.05) is 24.3 Å². The van der Waals surface area contributed by atoms with Gasteiger partial charge in [0.05, 0.1) is 5.56 Å². The predicted octanol–water partition coefficient (Wildman–Crippen LogP) is 2.93. The molecule has 3 rings (SSSR count). The minimum atomic E-state index is -1.09. The molecule has 0 saturated heterocycles. The molecule has 0 bridgehead atoms. The average molecular weight is 298 g/mol. The van der Waals surface area contributed by atoms with Gasteiger partial charge in [0.15, 0.2) is 17.3 Å². The quantitative estimate of drug-likeness (QED) is 0.859. The molecule has 2 aromatic rings. The van der Waals surface area contributed by atoms with E-state index in [0.29, 0.717) is 17.9 Å². The van der Waals surface area contributed by atoms with Crippen LogP contribution in [0.25, 0.3) is 0 Å². The van der Waals surface area contributed by atoms with Gasteiger partial charge in [-0.3, -0.25) is 4.79 Å². The van der Waals surface area contributed by atoms with Crippen molar-refractivity contribution in [2.45, 2.75) is 12.8 Å². The van der Waals surface area contributed by atoms with Crippen molar-refractivity contribution in [3.63, 3.8) is 0 Å². The second kappa shape index (κ2) is 5.89. The Balaban J connectivity index is 1.72. The molecule has 0 amide bonds. The summed E-state index contributed by atoms with van der Waals surface area (Å²) in [7, 11) is 0. The molecule has 1 heterocycles. The highest BCUT2D eigenvalue weighted by Gasteiger charge is 2.17. The number of hydrogen-bond donors (Lipinski definition) is 1. The number of ketones is 1. The minimum absolute atomic E-state index is 0.0400. The Morgan fingerprint density at radius 3 is 2.50 bits per heavy atom. The highest BCUT2D eigenvalue weighted by Crippen LogP contribution is 2.32. The van der Waals surface area contributed by atoms with Crippen LogP contribution in [0, 0.1) is 0 Å². The second-order valence-corrected chi connectivity index (χ2v) is 4.96. The largest absolute Gasteiger partial charge is 0.478 e. The number of carboxylic acids is 1. The van der Waals surface area contributed by atoms with Crippen molar-refractivity contribution in [1.82, 2.24) is 0 Å². The van der Waals surface area contributed by atoms with Crippen LogP contribution in [-0.2, 0) is 6.42 Å². The highest BCUT2D eigenvalue weighted by atomic mass is 16.7. The smallest absolute Gasteiger partial charge is 0.336 e. The van der Waals surface area contributed by atoms with E-state index in [2.05, 4.69) is 0 Å². The first-order chi connectivity index (χ1) is 10.6. The molecule has 1 aliphatic heterocycles. The third-order valence-electron chi connectivity index (χ3n) is 3.54. The SMILES string of the molecule is O=C(O)c1ccccc1C(=O)CCc1ccc2c(c1)OCO2. The summed E-state index contributed by atoms with van der Waals surface area (Å²) in [5.41, 5.74) is 1.24. The monoisotopic (exact) mass is 298 g/mol. The second-order valence-electron chi connectivity index (χ2n) is 4.96. The van der Waals surface area contributed by atoms with Crippen LogP contribution in [0.3, 0.4) is 0 Å². The van der Waals surface area contributed by atoms with Crippen molar-refractivity contribution in [3.05, 3.63) is 59.2 Å². The third-order valence-corrected chi connectivity index (χ3v) is 3.54. The Morgan fingerprint density at radius 1 is 1.00 bits per heavy atom. The Bertz CT molecular complexity index is 736. The van der Waals surface area contributed by atoms with Crippen LogP contribution in [0.4, 0.5) is 0 Å². The molecule has 0 unspecified atom stereocenters. The summed E-state index contributed by atoms with van der Waals surface area (Å²) in [5, 5.41) is 9.12. The summed E-state index contributed by atoms with van der Waals surface area (Å²) in [4.78, 5) is 23.4. The molecular formula is C17H14O5. The fourth-order valence-corrected chi connectivity index (χ4v) is 2.40. The first-order valence-corrected chi connectivity index (χ1v) is 6.89. The maximum absolute atomic E-state index is 12.3. The zero-order valence-electron chi connectivity index (χ0n) is 11.7. The van der Waals surface area contributed by atoms with Crippen LogP contribution in [0.15, 0.2) is 42.5 Å². The van der Waals surface area contributed by atoms with Gasteiger partial charge in [0, 0.05) is 12.0 Å². The zero-order chi connectivity index (χ0) is 15.5. The summed E-state index contributed by atoms with van der Waals surface area (Å²) < 4.78 is 10.5. The van der Waals surface area contributed by atoms with Crippen molar-refractivity contribution in [2.24, 2.45) is 0 Å². The van der Waals surface area contributed by atoms with Crippen LogP contribution in [0.2, 0.25) is 0 Å². The maximum atomic E-state index is 12.3. The van der Waals surface area contributed by atoms with E-state index in [1.54, 1.807) is 18.2 Å². The van der Waals surface area contributed by atoms with Gasteiger partial charge in [0.25, 0.3) is 0 Å². The Labute approximate surface area is 127 Å². The van der Waals surface area contributed by atoms with Gasteiger partial charge in [-0.2, -0.15) is 0 Å². The van der Waals surface area contributed by atoms with Crippen molar-refractivity contribution in [2.75, 3.05) is 6.79 Å². The molecule has 0 atom stereocenters. The summed E-state index contributed by atoms with van der Waals surface area (Å²) in [5.74, 6) is 0.102. The summed E-state index contributed by atoms with van der Waals surface area (Å²) in [6.07, 6.45) is 0.757. The van der Waals surface area contributed by atoms with E-state index in [4.69, 9.17) is 14.6 Å². The number of rotatable bonds is 5. The molecule has 1 N–H and O–H groups in total. The minimum Gasteiger partial charge on any atom is -0.478 e. The van der Waals surface area contributed by atoms with Gasteiger partial charge in [0.2, 0.25) is 6.79 Å². The molecule has 5 heteroatoms. The number of benzene rings is 2. The summed E-state index contributed by atoms with van der Waals surface area (Å²) in [6, 6.07) is 11.8. The normalized spacial score (nSPS) is 12.2. The Morgan fingerprint density at radius 2 is 1.73 bits per heavy atom. The highest BCUT2D eigenvalue weighted by molar-refractivity contribution is 6.05. The van der Waals surface area contributed by atoms with Crippen molar-refractivity contribution < 1.29 is 24.2 Å². The molecule has 0 saturated carbocycles. The molecule has 112 valence electrons. The molecule has 0 radical (unpaired) electrons. The van der Waals surface area contributed by atoms with E-state index in [1.165, 1.54) is 6.07 Å². The molecule has 0 fully saturated rings. The molecular weight excluding hydrogens is 284 g/mol. The number of carbonyl (C=O) groups excluding carboxylic acids is 1. The van der Waals surface area contributed by atoms with Crippen LogP contribution in [-0.4, -0.2) is 23.7 Å². The number of ether oxygens (including phenoxy) is 2. The van der Waals surface area contributed by atoms with E-state index in [9.17, 15) is 9.59 Å².